The number of nitrogens with zero attached hydrogens (tertiary/aromatic N) is 5. The van der Waals surface area contributed by atoms with Crippen LogP contribution in [-0.2, 0) is 0 Å². The molecule has 4 aromatic rings. The largest absolute Gasteiger partial charge is 0.434 e. The van der Waals surface area contributed by atoms with Crippen LogP contribution in [-0.4, -0.2) is 31.7 Å². The minimum absolute atomic E-state index is 0.0255. The number of fused-ring (bicyclic) bond motifs is 1. The number of nitrogens with one attached hydrogen (secondary N) is 2. The average molecular weight is 497 g/mol. The molecule has 0 bridgehead atoms. The molecule has 1 aliphatic heterocycles. The standard InChI is InChI=1S/C21H14Cl2N8O3/c1-10-19(24)29-31(21(33)25-10)12-6-14(22)18(15(23)7-12)34-17-9-13(20(32)27-26-17)16-8-11-4-2-3-5-30(11)28-16/h2-9H,1H2,(H2,24,29)(H,25,33)(H,27,32). The van der Waals surface area contributed by atoms with Crippen LogP contribution in [0, 0.1) is 0 Å². The number of anilines is 1. The number of H-pyrrole nitrogens is 1. The number of amides is 2. The summed E-state index contributed by atoms with van der Waals surface area (Å²) in [6.45, 7) is 3.59. The van der Waals surface area contributed by atoms with Crippen molar-refractivity contribution in [2.24, 2.45) is 10.8 Å². The van der Waals surface area contributed by atoms with Crippen molar-refractivity contribution in [3.63, 3.8) is 0 Å². The average Bonchev–Trinajstić information content (AvgIpc) is 3.23. The number of hydrazone groups is 1. The Morgan fingerprint density at radius 1 is 1.09 bits per heavy atom. The minimum Gasteiger partial charge on any atom is -0.434 e. The highest BCUT2D eigenvalue weighted by Crippen LogP contribution is 2.40. The third kappa shape index (κ3) is 3.83. The maximum absolute atomic E-state index is 12.4. The van der Waals surface area contributed by atoms with Gasteiger partial charge in [-0.25, -0.2) is 14.4 Å². The first-order valence-corrected chi connectivity index (χ1v) is 10.4. The highest BCUT2D eigenvalue weighted by Gasteiger charge is 2.25. The molecule has 13 heteroatoms. The number of benzene rings is 1. The van der Waals surface area contributed by atoms with Crippen LogP contribution in [0.2, 0.25) is 10.0 Å². The summed E-state index contributed by atoms with van der Waals surface area (Å²) in [4.78, 5) is 24.6. The number of carbonyl (C=O) groups excluding carboxylic acids is 1. The first-order chi connectivity index (χ1) is 16.3. The maximum Gasteiger partial charge on any atom is 0.347 e. The lowest BCUT2D eigenvalue weighted by molar-refractivity contribution is 0.248. The van der Waals surface area contributed by atoms with E-state index in [1.54, 1.807) is 16.8 Å². The number of aromatic amines is 1. The first-order valence-electron chi connectivity index (χ1n) is 9.66. The van der Waals surface area contributed by atoms with Crippen LogP contribution < -0.4 is 26.4 Å². The molecular weight excluding hydrogens is 483 g/mol. The predicted octanol–water partition coefficient (Wildman–Crippen LogP) is 3.50. The van der Waals surface area contributed by atoms with Crippen molar-refractivity contribution in [3.05, 3.63) is 81.3 Å². The monoisotopic (exact) mass is 496 g/mol. The number of hydrogen-bond acceptors (Lipinski definition) is 7. The smallest absolute Gasteiger partial charge is 0.347 e. The topological polar surface area (TPSA) is 143 Å². The Morgan fingerprint density at radius 3 is 2.59 bits per heavy atom. The number of rotatable bonds is 4. The van der Waals surface area contributed by atoms with Crippen LogP contribution in [0.15, 0.2) is 70.8 Å². The molecule has 1 aromatic carbocycles. The van der Waals surface area contributed by atoms with Crippen molar-refractivity contribution in [3.8, 4) is 22.9 Å². The molecule has 34 heavy (non-hydrogen) atoms. The number of pyridine rings is 1. The number of ether oxygens (including phenoxy) is 1. The molecule has 0 unspecified atom stereocenters. The van der Waals surface area contributed by atoms with Crippen molar-refractivity contribution in [1.82, 2.24) is 25.1 Å². The van der Waals surface area contributed by atoms with Gasteiger partial charge in [0.15, 0.2) is 11.6 Å². The molecule has 0 fully saturated rings. The van der Waals surface area contributed by atoms with Crippen LogP contribution in [0.3, 0.4) is 0 Å². The molecule has 4 heterocycles. The first kappa shape index (κ1) is 21.5. The van der Waals surface area contributed by atoms with Crippen molar-refractivity contribution < 1.29 is 9.53 Å². The van der Waals surface area contributed by atoms with E-state index in [1.165, 1.54) is 18.2 Å². The predicted molar refractivity (Wildman–Crippen MR) is 127 cm³/mol. The Bertz CT molecular complexity index is 1520. The number of aromatic nitrogens is 4. The zero-order valence-corrected chi connectivity index (χ0v) is 18.6. The second-order valence-electron chi connectivity index (χ2n) is 7.09. The van der Waals surface area contributed by atoms with Gasteiger partial charge >= 0.3 is 6.03 Å². The minimum atomic E-state index is -0.584. The number of carbonyl (C=O) groups is 1. The van der Waals surface area contributed by atoms with Crippen molar-refractivity contribution >= 4 is 46.3 Å². The van der Waals surface area contributed by atoms with E-state index in [9.17, 15) is 9.59 Å². The molecule has 4 N–H and O–H groups in total. The molecule has 0 saturated carbocycles. The van der Waals surface area contributed by atoms with Gasteiger partial charge in [-0.2, -0.15) is 10.1 Å². The molecule has 1 aliphatic rings. The molecule has 2 amide bonds. The van der Waals surface area contributed by atoms with Crippen LogP contribution in [0.5, 0.6) is 11.6 Å². The quantitative estimate of drug-likeness (QED) is 0.394. The molecule has 0 radical (unpaired) electrons. The van der Waals surface area contributed by atoms with Crippen LogP contribution in [0.4, 0.5) is 10.5 Å². The lowest BCUT2D eigenvalue weighted by Gasteiger charge is -2.24. The van der Waals surface area contributed by atoms with E-state index in [0.29, 0.717) is 5.69 Å². The van der Waals surface area contributed by atoms with Gasteiger partial charge in [0, 0.05) is 12.3 Å². The molecule has 0 atom stereocenters. The second kappa shape index (κ2) is 8.21. The van der Waals surface area contributed by atoms with E-state index in [0.717, 1.165) is 10.5 Å². The van der Waals surface area contributed by atoms with Crippen molar-refractivity contribution in [1.29, 1.82) is 0 Å². The molecule has 0 aliphatic carbocycles. The fourth-order valence-corrected chi connectivity index (χ4v) is 3.76. The van der Waals surface area contributed by atoms with E-state index in [4.69, 9.17) is 33.7 Å². The highest BCUT2D eigenvalue weighted by atomic mass is 35.5. The summed E-state index contributed by atoms with van der Waals surface area (Å²) in [6.07, 6.45) is 1.77. The Kier molecular flexibility index (Phi) is 5.19. The summed E-state index contributed by atoms with van der Waals surface area (Å²) in [5, 5.41) is 18.3. The van der Waals surface area contributed by atoms with E-state index >= 15 is 0 Å². The summed E-state index contributed by atoms with van der Waals surface area (Å²) < 4.78 is 7.41. The van der Waals surface area contributed by atoms with Gasteiger partial charge in [-0.1, -0.05) is 35.8 Å². The Hall–Kier alpha value is -4.35. The van der Waals surface area contributed by atoms with E-state index < -0.39 is 11.6 Å². The maximum atomic E-state index is 12.4. The fourth-order valence-electron chi connectivity index (χ4n) is 3.21. The van der Waals surface area contributed by atoms with Gasteiger partial charge in [0.2, 0.25) is 5.88 Å². The SMILES string of the molecule is C=C1NC(=O)N(c2cc(Cl)c(Oc3cc(-c4cc5ccccn5n4)c(=O)[nH]n3)c(Cl)c2)N=C1N. The van der Waals surface area contributed by atoms with Gasteiger partial charge in [0.05, 0.1) is 38.2 Å². The number of urea groups is 1. The van der Waals surface area contributed by atoms with Crippen molar-refractivity contribution in [2.45, 2.75) is 0 Å². The van der Waals surface area contributed by atoms with Crippen LogP contribution >= 0.6 is 23.2 Å². The summed E-state index contributed by atoms with van der Waals surface area (Å²) in [5.74, 6) is 0.118. The van der Waals surface area contributed by atoms with Crippen LogP contribution in [0.25, 0.3) is 16.8 Å². The zero-order valence-electron chi connectivity index (χ0n) is 17.1. The highest BCUT2D eigenvalue weighted by molar-refractivity contribution is 6.37. The third-order valence-electron chi connectivity index (χ3n) is 4.83. The Balaban J connectivity index is 1.48. The molecule has 0 saturated heterocycles. The van der Waals surface area contributed by atoms with Gasteiger partial charge in [-0.3, -0.25) is 4.79 Å². The second-order valence-corrected chi connectivity index (χ2v) is 7.91. The lowest BCUT2D eigenvalue weighted by Crippen LogP contribution is -2.45. The van der Waals surface area contributed by atoms with Gasteiger partial charge in [0.25, 0.3) is 5.56 Å². The van der Waals surface area contributed by atoms with Gasteiger partial charge in [-0.05, 0) is 30.3 Å². The van der Waals surface area contributed by atoms with Gasteiger partial charge in [-0.15, -0.1) is 10.2 Å². The molecule has 5 rings (SSSR count). The molecule has 0 spiro atoms. The summed E-state index contributed by atoms with van der Waals surface area (Å²) in [7, 11) is 0. The Morgan fingerprint density at radius 2 is 1.85 bits per heavy atom. The number of hydrogen-bond donors (Lipinski definition) is 3. The number of halogens is 2. The number of nitrogens with two attached hydrogens (primary N) is 1. The zero-order chi connectivity index (χ0) is 24.0. The lowest BCUT2D eigenvalue weighted by atomic mass is 10.2. The van der Waals surface area contributed by atoms with E-state index in [1.807, 2.05) is 18.2 Å². The van der Waals surface area contributed by atoms with Gasteiger partial charge in [0.1, 0.15) is 0 Å². The summed E-state index contributed by atoms with van der Waals surface area (Å²) in [5.41, 5.74) is 7.20. The van der Waals surface area contributed by atoms with E-state index in [-0.39, 0.29) is 44.5 Å². The molecule has 170 valence electrons. The normalized spacial score (nSPS) is 13.7. The van der Waals surface area contributed by atoms with Crippen molar-refractivity contribution in [2.75, 3.05) is 5.01 Å². The van der Waals surface area contributed by atoms with E-state index in [2.05, 4.69) is 32.3 Å². The Labute approximate surface area is 201 Å². The number of amidine groups is 1. The van der Waals surface area contributed by atoms with Gasteiger partial charge < -0.3 is 15.8 Å². The molecule has 11 nitrogen and oxygen atoms in total. The molecule has 3 aromatic heterocycles. The third-order valence-corrected chi connectivity index (χ3v) is 5.39. The summed E-state index contributed by atoms with van der Waals surface area (Å²) >= 11 is 12.8. The van der Waals surface area contributed by atoms with Crippen LogP contribution in [0.1, 0.15) is 0 Å². The fraction of sp³-hybridized carbons (Fsp3) is 0. The summed E-state index contributed by atoms with van der Waals surface area (Å²) in [6, 6.07) is 11.0. The molecular formula is C21H14Cl2N8O3.